The van der Waals surface area contributed by atoms with Gasteiger partial charge in [0.25, 0.3) is 5.91 Å². The minimum atomic E-state index is -0.269. The molecule has 3 heterocycles. The van der Waals surface area contributed by atoms with Crippen molar-refractivity contribution in [2.75, 3.05) is 5.01 Å². The molecular formula is C26H22N6OS. The Morgan fingerprint density at radius 3 is 2.71 bits per heavy atom. The number of fused-ring (bicyclic) bond motifs is 1. The molecule has 7 nitrogen and oxygen atoms in total. The van der Waals surface area contributed by atoms with Gasteiger partial charge < -0.3 is 4.57 Å². The van der Waals surface area contributed by atoms with Gasteiger partial charge in [-0.25, -0.2) is 10.9 Å². The van der Waals surface area contributed by atoms with Gasteiger partial charge in [-0.3, -0.25) is 14.9 Å². The van der Waals surface area contributed by atoms with Crippen LogP contribution in [0.1, 0.15) is 21.7 Å². The lowest BCUT2D eigenvalue weighted by molar-refractivity contribution is 0.0982. The van der Waals surface area contributed by atoms with E-state index in [-0.39, 0.29) is 5.91 Å². The molecule has 3 aromatic heterocycles. The summed E-state index contributed by atoms with van der Waals surface area (Å²) in [7, 11) is 1.85. The number of hydrogen-bond acceptors (Lipinski definition) is 5. The first-order valence-electron chi connectivity index (χ1n) is 10.6. The maximum absolute atomic E-state index is 13.2. The zero-order chi connectivity index (χ0) is 23.5. The maximum atomic E-state index is 13.2. The summed E-state index contributed by atoms with van der Waals surface area (Å²) in [4.78, 5) is 19.3. The van der Waals surface area contributed by atoms with Crippen LogP contribution in [0.15, 0.2) is 95.0 Å². The molecular weight excluding hydrogens is 444 g/mol. The van der Waals surface area contributed by atoms with Crippen LogP contribution in [0, 0.1) is 0 Å². The molecule has 8 heteroatoms. The van der Waals surface area contributed by atoms with Gasteiger partial charge in [0.2, 0.25) is 0 Å². The Hall–Kier alpha value is -4.14. The lowest BCUT2D eigenvalue weighted by Crippen LogP contribution is -2.38. The smallest absolute Gasteiger partial charge is 0.274 e. The number of anilines is 1. The van der Waals surface area contributed by atoms with Crippen LogP contribution in [0.2, 0.25) is 0 Å². The molecule has 0 aliphatic carbocycles. The van der Waals surface area contributed by atoms with Crippen LogP contribution in [-0.2, 0) is 7.05 Å². The van der Waals surface area contributed by atoms with Gasteiger partial charge in [-0.15, -0.1) is 0 Å². The number of rotatable bonds is 6. The Balaban J connectivity index is 1.39. The molecule has 168 valence electrons. The minimum Gasteiger partial charge on any atom is -0.336 e. The van der Waals surface area contributed by atoms with Crippen molar-refractivity contribution >= 4 is 46.5 Å². The fraction of sp³-hybridized carbons (Fsp3) is 0.0385. The number of carbonyl (C=O) groups is 1. The Bertz CT molecular complexity index is 1490. The van der Waals surface area contributed by atoms with Crippen molar-refractivity contribution in [3.63, 3.8) is 0 Å². The molecule has 0 bridgehead atoms. The number of aromatic nitrogens is 4. The number of benzene rings is 2. The van der Waals surface area contributed by atoms with Crippen LogP contribution in [0.5, 0.6) is 0 Å². The van der Waals surface area contributed by atoms with Crippen LogP contribution < -0.4 is 10.9 Å². The number of aryl methyl sites for hydroxylation is 1. The van der Waals surface area contributed by atoms with Gasteiger partial charge in [0.05, 0.1) is 22.5 Å². The van der Waals surface area contributed by atoms with E-state index in [2.05, 4.69) is 15.2 Å². The number of pyridine rings is 1. The summed E-state index contributed by atoms with van der Waals surface area (Å²) in [5, 5.41) is 9.72. The van der Waals surface area contributed by atoms with Gasteiger partial charge in [-0.2, -0.15) is 5.10 Å². The van der Waals surface area contributed by atoms with Crippen LogP contribution in [0.25, 0.3) is 23.1 Å². The molecule has 0 atom stereocenters. The minimum absolute atomic E-state index is 0.269. The van der Waals surface area contributed by atoms with Crippen molar-refractivity contribution in [3.8, 4) is 0 Å². The van der Waals surface area contributed by atoms with Gasteiger partial charge >= 0.3 is 0 Å². The second-order valence-corrected chi connectivity index (χ2v) is 8.77. The normalized spacial score (nSPS) is 11.4. The van der Waals surface area contributed by atoms with E-state index in [9.17, 15) is 4.79 Å². The molecule has 0 aliphatic rings. The van der Waals surface area contributed by atoms with E-state index in [1.54, 1.807) is 22.9 Å². The highest BCUT2D eigenvalue weighted by molar-refractivity contribution is 7.99. The number of amides is 1. The number of nitrogens with zero attached hydrogens (tertiary/aromatic N) is 4. The standard InChI is InChI=1S/C26H22N6OS/c1-31-16-6-10-25(31)32(27)26(33)21-8-2-3-9-24(21)34-19-12-13-20-22(29-30-23(20)17-19)14-11-18-7-4-5-15-28-18/h2-17H,27H2,1H3,(H,29,30)/b14-11+. The number of nitrogens with two attached hydrogens (primary N) is 1. The first kappa shape index (κ1) is 21.7. The highest BCUT2D eigenvalue weighted by Crippen LogP contribution is 2.33. The monoisotopic (exact) mass is 466 g/mol. The number of hydrazine groups is 1. The van der Waals surface area contributed by atoms with Crippen molar-refractivity contribution in [3.05, 3.63) is 102 Å². The molecule has 2 aromatic carbocycles. The van der Waals surface area contributed by atoms with Gasteiger partial charge in [-0.1, -0.05) is 30.0 Å². The predicted octanol–water partition coefficient (Wildman–Crippen LogP) is 5.14. The van der Waals surface area contributed by atoms with Crippen molar-refractivity contribution in [1.29, 1.82) is 0 Å². The molecule has 0 spiro atoms. The number of nitrogens with one attached hydrogen (secondary N) is 1. The molecule has 34 heavy (non-hydrogen) atoms. The third-order valence-electron chi connectivity index (χ3n) is 5.39. The van der Waals surface area contributed by atoms with Gasteiger partial charge in [0.15, 0.2) is 0 Å². The van der Waals surface area contributed by atoms with E-state index < -0.39 is 0 Å². The lowest BCUT2D eigenvalue weighted by atomic mass is 10.2. The van der Waals surface area contributed by atoms with Crippen LogP contribution >= 0.6 is 11.8 Å². The second-order valence-electron chi connectivity index (χ2n) is 7.65. The highest BCUT2D eigenvalue weighted by atomic mass is 32.2. The van der Waals surface area contributed by atoms with Gasteiger partial charge in [-0.05, 0) is 66.7 Å². The van der Waals surface area contributed by atoms with E-state index in [1.807, 2.05) is 86.1 Å². The van der Waals surface area contributed by atoms with Crippen molar-refractivity contribution in [2.45, 2.75) is 9.79 Å². The largest absolute Gasteiger partial charge is 0.336 e. The predicted molar refractivity (Wildman–Crippen MR) is 136 cm³/mol. The Morgan fingerprint density at radius 2 is 1.91 bits per heavy atom. The molecule has 0 saturated heterocycles. The average molecular weight is 467 g/mol. The van der Waals surface area contributed by atoms with E-state index in [0.29, 0.717) is 11.4 Å². The molecule has 0 unspecified atom stereocenters. The van der Waals surface area contributed by atoms with E-state index in [1.165, 1.54) is 16.8 Å². The molecule has 0 radical (unpaired) electrons. The van der Waals surface area contributed by atoms with Crippen LogP contribution in [0.4, 0.5) is 5.82 Å². The lowest BCUT2D eigenvalue weighted by Gasteiger charge is -2.18. The number of aromatic amines is 1. The Kier molecular flexibility index (Phi) is 5.99. The second kappa shape index (κ2) is 9.38. The fourth-order valence-electron chi connectivity index (χ4n) is 3.64. The summed E-state index contributed by atoms with van der Waals surface area (Å²) in [6, 6.07) is 23.0. The zero-order valence-electron chi connectivity index (χ0n) is 18.4. The van der Waals surface area contributed by atoms with Gasteiger partial charge in [0.1, 0.15) is 5.82 Å². The summed E-state index contributed by atoms with van der Waals surface area (Å²) in [5.41, 5.74) is 3.17. The van der Waals surface area contributed by atoms with Crippen molar-refractivity contribution in [2.24, 2.45) is 12.9 Å². The summed E-state index contributed by atoms with van der Waals surface area (Å²) >= 11 is 1.51. The zero-order valence-corrected chi connectivity index (χ0v) is 19.2. The number of carbonyl (C=O) groups excluding carboxylic acids is 1. The Labute approximate surface area is 200 Å². The Morgan fingerprint density at radius 1 is 1.06 bits per heavy atom. The van der Waals surface area contributed by atoms with E-state index in [4.69, 9.17) is 5.84 Å². The van der Waals surface area contributed by atoms with Crippen LogP contribution in [0.3, 0.4) is 0 Å². The highest BCUT2D eigenvalue weighted by Gasteiger charge is 2.20. The van der Waals surface area contributed by atoms with E-state index in [0.717, 1.165) is 32.1 Å². The van der Waals surface area contributed by atoms with Crippen LogP contribution in [-0.4, -0.2) is 25.7 Å². The summed E-state index contributed by atoms with van der Waals surface area (Å²) in [5.74, 6) is 6.51. The summed E-state index contributed by atoms with van der Waals surface area (Å²) in [6.45, 7) is 0. The van der Waals surface area contributed by atoms with Gasteiger partial charge in [0, 0.05) is 34.6 Å². The summed E-state index contributed by atoms with van der Waals surface area (Å²) in [6.07, 6.45) is 7.49. The first-order chi connectivity index (χ1) is 16.6. The molecule has 0 aliphatic heterocycles. The van der Waals surface area contributed by atoms with Crippen molar-refractivity contribution in [1.82, 2.24) is 19.7 Å². The number of hydrogen-bond donors (Lipinski definition) is 2. The van der Waals surface area contributed by atoms with Crippen molar-refractivity contribution < 1.29 is 4.79 Å². The third-order valence-corrected chi connectivity index (χ3v) is 6.46. The molecule has 0 saturated carbocycles. The SMILES string of the molecule is Cn1cccc1N(N)C(=O)c1ccccc1Sc1ccc2c(/C=C/c3ccccn3)n[nH]c2c1. The topological polar surface area (TPSA) is 92.8 Å². The molecule has 5 aromatic rings. The number of H-pyrrole nitrogens is 1. The maximum Gasteiger partial charge on any atom is 0.274 e. The third kappa shape index (κ3) is 4.36. The first-order valence-corrected chi connectivity index (χ1v) is 11.5. The average Bonchev–Trinajstić information content (AvgIpc) is 3.48. The molecule has 3 N–H and O–H groups in total. The molecule has 0 fully saturated rings. The summed E-state index contributed by atoms with van der Waals surface area (Å²) < 4.78 is 1.81. The fourth-order valence-corrected chi connectivity index (χ4v) is 4.62. The van der Waals surface area contributed by atoms with E-state index >= 15 is 0 Å². The quantitative estimate of drug-likeness (QED) is 0.205. The molecule has 5 rings (SSSR count). The molecule has 1 amide bonds.